The summed E-state index contributed by atoms with van der Waals surface area (Å²) in [4.78, 5) is 60.4. The molecule has 0 rings (SSSR count). The number of carbonyl (C=O) groups excluding carboxylic acids is 3. The Hall–Kier alpha value is -2.84. The minimum absolute atomic E-state index is 0.0602. The topological polar surface area (TPSA) is 163 Å². The van der Waals surface area contributed by atoms with E-state index in [9.17, 15) is 28.8 Å². The first-order valence-electron chi connectivity index (χ1n) is 7.56. The van der Waals surface area contributed by atoms with Crippen LogP contribution in [0.5, 0.6) is 0 Å². The number of hydrogen-bond donors (Lipinski definition) is 3. The molecule has 2 unspecified atom stereocenters. The van der Waals surface area contributed by atoms with Crippen LogP contribution < -0.4 is 0 Å². The molecule has 0 saturated carbocycles. The third kappa shape index (κ3) is 26.1. The highest BCUT2D eigenvalue weighted by molar-refractivity contribution is 5.93. The first-order valence-corrected chi connectivity index (χ1v) is 7.56. The van der Waals surface area contributed by atoms with Gasteiger partial charge in [-0.3, -0.25) is 19.2 Å². The zero-order valence-corrected chi connectivity index (χ0v) is 15.5. The summed E-state index contributed by atoms with van der Waals surface area (Å²) >= 11 is 0. The van der Waals surface area contributed by atoms with Gasteiger partial charge in [-0.2, -0.15) is 0 Å². The molecule has 0 spiro atoms. The summed E-state index contributed by atoms with van der Waals surface area (Å²) in [6.45, 7) is 7.20. The van der Waals surface area contributed by atoms with Gasteiger partial charge in [0.25, 0.3) is 0 Å². The van der Waals surface area contributed by atoms with E-state index in [0.29, 0.717) is 0 Å². The lowest BCUT2D eigenvalue weighted by Gasteiger charge is -2.00. The van der Waals surface area contributed by atoms with Gasteiger partial charge in [-0.15, -0.1) is 0 Å². The van der Waals surface area contributed by atoms with Crippen molar-refractivity contribution < 1.29 is 44.1 Å². The average molecular weight is 374 g/mol. The summed E-state index contributed by atoms with van der Waals surface area (Å²) in [5, 5.41) is 24.4. The molecule has 0 aromatic rings. The summed E-state index contributed by atoms with van der Waals surface area (Å²) < 4.78 is 0. The van der Waals surface area contributed by atoms with Crippen molar-refractivity contribution in [3.8, 4) is 0 Å². The van der Waals surface area contributed by atoms with Crippen molar-refractivity contribution in [1.82, 2.24) is 0 Å². The molecular formula is C17H26O9. The molecule has 0 amide bonds. The molecule has 2 atom stereocenters. The monoisotopic (exact) mass is 374 g/mol. The number of aliphatic carboxylic acids is 3. The first-order chi connectivity index (χ1) is 11.7. The number of carboxylic acids is 3. The largest absolute Gasteiger partial charge is 0.481 e. The van der Waals surface area contributed by atoms with Gasteiger partial charge in [0.1, 0.15) is 11.6 Å². The van der Waals surface area contributed by atoms with E-state index >= 15 is 0 Å². The highest BCUT2D eigenvalue weighted by Crippen LogP contribution is 2.01. The normalized spacial score (nSPS) is 11.7. The highest BCUT2D eigenvalue weighted by Gasteiger charge is 2.12. The Kier molecular flexibility index (Phi) is 16.9. The molecule has 0 aliphatic rings. The minimum Gasteiger partial charge on any atom is -0.481 e. The van der Waals surface area contributed by atoms with Crippen molar-refractivity contribution in [2.24, 2.45) is 11.8 Å². The van der Waals surface area contributed by atoms with Crippen molar-refractivity contribution in [2.75, 3.05) is 0 Å². The molecule has 0 aromatic carbocycles. The van der Waals surface area contributed by atoms with Crippen LogP contribution in [0.1, 0.15) is 47.5 Å². The molecule has 3 N–H and O–H groups in total. The Bertz CT molecular complexity index is 498. The van der Waals surface area contributed by atoms with Crippen molar-refractivity contribution in [3.63, 3.8) is 0 Å². The Morgan fingerprint density at radius 2 is 1.23 bits per heavy atom. The van der Waals surface area contributed by atoms with Gasteiger partial charge in [0, 0.05) is 18.4 Å². The highest BCUT2D eigenvalue weighted by atomic mass is 16.4. The molecule has 0 radical (unpaired) electrons. The maximum atomic E-state index is 10.4. The van der Waals surface area contributed by atoms with Gasteiger partial charge in [-0.1, -0.05) is 13.8 Å². The van der Waals surface area contributed by atoms with Crippen LogP contribution in [0.4, 0.5) is 0 Å². The lowest BCUT2D eigenvalue weighted by atomic mass is 10.0. The van der Waals surface area contributed by atoms with Gasteiger partial charge in [-0.25, -0.2) is 4.79 Å². The summed E-state index contributed by atoms with van der Waals surface area (Å²) in [6, 6.07) is 0. The van der Waals surface area contributed by atoms with Gasteiger partial charge < -0.3 is 20.1 Å². The molecule has 0 saturated heterocycles. The van der Waals surface area contributed by atoms with Crippen LogP contribution in [-0.2, 0) is 28.8 Å². The van der Waals surface area contributed by atoms with Crippen molar-refractivity contribution >= 4 is 35.3 Å². The van der Waals surface area contributed by atoms with Gasteiger partial charge in [0.05, 0.1) is 12.3 Å². The van der Waals surface area contributed by atoms with Crippen LogP contribution in [-0.4, -0.2) is 50.6 Å². The second kappa shape index (κ2) is 15.7. The van der Waals surface area contributed by atoms with E-state index in [1.54, 1.807) is 6.92 Å². The third-order valence-corrected chi connectivity index (χ3v) is 2.65. The van der Waals surface area contributed by atoms with E-state index in [1.165, 1.54) is 27.7 Å². The zero-order chi connectivity index (χ0) is 21.4. The van der Waals surface area contributed by atoms with E-state index in [0.717, 1.165) is 12.2 Å². The van der Waals surface area contributed by atoms with Crippen LogP contribution in [0.2, 0.25) is 0 Å². The fourth-order valence-electron chi connectivity index (χ4n) is 1.11. The lowest BCUT2D eigenvalue weighted by Crippen LogP contribution is -2.12. The van der Waals surface area contributed by atoms with Crippen LogP contribution in [0.15, 0.2) is 12.2 Å². The molecule has 9 nitrogen and oxygen atoms in total. The molecular weight excluding hydrogens is 348 g/mol. The number of allylic oxidation sites excluding steroid dienone is 1. The number of rotatable bonds is 8. The van der Waals surface area contributed by atoms with Gasteiger partial charge >= 0.3 is 17.9 Å². The summed E-state index contributed by atoms with van der Waals surface area (Å²) in [6.07, 6.45) is 1.88. The van der Waals surface area contributed by atoms with Crippen LogP contribution in [0.3, 0.4) is 0 Å². The smallest absolute Gasteiger partial charge is 0.328 e. The fourth-order valence-corrected chi connectivity index (χ4v) is 1.11. The zero-order valence-electron chi connectivity index (χ0n) is 15.5. The van der Waals surface area contributed by atoms with Gasteiger partial charge in [0.15, 0.2) is 5.78 Å². The Morgan fingerprint density at radius 3 is 1.35 bits per heavy atom. The summed E-state index contributed by atoms with van der Waals surface area (Å²) in [5.41, 5.74) is 0. The fraction of sp³-hybridized carbons (Fsp3) is 0.529. The van der Waals surface area contributed by atoms with Crippen LogP contribution in [0.25, 0.3) is 0 Å². The Balaban J connectivity index is -0.000000306. The standard InChI is InChI=1S/2C6H10O3.C5H6O3/c1-4(5(2)7)3-6(8)9;1-4(6(8)9)3-5(2)7;1-4(6)2-3-5(7)8/h2*4H,3H2,1-2H3,(H,8,9);2-3H,1H3,(H,7,8)/b;;3-2-. The Labute approximate surface area is 151 Å². The molecule has 0 heterocycles. The van der Waals surface area contributed by atoms with E-state index in [2.05, 4.69) is 0 Å². The lowest BCUT2D eigenvalue weighted by molar-refractivity contribution is -0.143. The van der Waals surface area contributed by atoms with Crippen LogP contribution >= 0.6 is 0 Å². The summed E-state index contributed by atoms with van der Waals surface area (Å²) in [7, 11) is 0. The number of hydrogen-bond acceptors (Lipinski definition) is 6. The maximum absolute atomic E-state index is 10.4. The van der Waals surface area contributed by atoms with Gasteiger partial charge in [-0.05, 0) is 26.8 Å². The minimum atomic E-state index is -1.10. The number of carboxylic acid groups (broad SMARTS) is 3. The molecule has 0 aromatic heterocycles. The van der Waals surface area contributed by atoms with Crippen LogP contribution in [0, 0.1) is 11.8 Å². The number of Topliss-reactive ketones (excluding diaryl/α,β-unsaturated/α-hetero) is 2. The van der Waals surface area contributed by atoms with E-state index in [1.807, 2.05) is 0 Å². The molecule has 9 heteroatoms. The summed E-state index contributed by atoms with van der Waals surface area (Å²) in [5.74, 6) is -4.22. The van der Waals surface area contributed by atoms with E-state index in [4.69, 9.17) is 15.3 Å². The quantitative estimate of drug-likeness (QED) is 0.535. The van der Waals surface area contributed by atoms with Gasteiger partial charge in [0.2, 0.25) is 0 Å². The second-order valence-electron chi connectivity index (χ2n) is 5.54. The molecule has 0 bridgehead atoms. The predicted octanol–water partition coefficient (Wildman–Crippen LogP) is 1.59. The van der Waals surface area contributed by atoms with Crippen molar-refractivity contribution in [1.29, 1.82) is 0 Å². The van der Waals surface area contributed by atoms with Crippen molar-refractivity contribution in [3.05, 3.63) is 12.2 Å². The van der Waals surface area contributed by atoms with E-state index < -0.39 is 23.8 Å². The molecule has 0 aliphatic heterocycles. The molecule has 148 valence electrons. The average Bonchev–Trinajstić information content (AvgIpc) is 2.44. The van der Waals surface area contributed by atoms with Crippen molar-refractivity contribution in [2.45, 2.75) is 47.5 Å². The SMILES string of the molecule is CC(=O)/C=C\C(=O)O.CC(=O)C(C)CC(=O)O.CC(=O)CC(C)C(=O)O. The number of carbonyl (C=O) groups is 6. The predicted molar refractivity (Wildman–Crippen MR) is 91.7 cm³/mol. The molecule has 0 fully saturated rings. The third-order valence-electron chi connectivity index (χ3n) is 2.65. The second-order valence-corrected chi connectivity index (χ2v) is 5.54. The van der Waals surface area contributed by atoms with E-state index in [-0.39, 0.29) is 36.1 Å². The first kappa shape index (κ1) is 28.0. The molecule has 0 aliphatic carbocycles. The molecule has 26 heavy (non-hydrogen) atoms. The Morgan fingerprint density at radius 1 is 0.769 bits per heavy atom. The maximum Gasteiger partial charge on any atom is 0.328 e. The number of ketones is 3.